The van der Waals surface area contributed by atoms with Crippen LogP contribution in [0.1, 0.15) is 44.0 Å². The highest BCUT2D eigenvalue weighted by Gasteiger charge is 2.32. The quantitative estimate of drug-likeness (QED) is 0.441. The predicted octanol–water partition coefficient (Wildman–Crippen LogP) is 4.55. The lowest BCUT2D eigenvalue weighted by atomic mass is 9.94. The molecule has 0 aliphatic heterocycles. The van der Waals surface area contributed by atoms with Crippen LogP contribution in [0.4, 0.5) is 10.5 Å². The van der Waals surface area contributed by atoms with Gasteiger partial charge in [0.15, 0.2) is 0 Å². The minimum absolute atomic E-state index is 0.0710. The molecule has 0 saturated carbocycles. The second-order valence-corrected chi connectivity index (χ2v) is 10.3. The molecule has 1 amide bonds. The molecule has 0 aliphatic carbocycles. The number of nitrogens with two attached hydrogens (primary N) is 1. The number of benzene rings is 3. The molecule has 7 nitrogen and oxygen atoms in total. The molecule has 33 heavy (non-hydrogen) atoms. The van der Waals surface area contributed by atoms with Gasteiger partial charge in [-0.3, -0.25) is 0 Å². The van der Waals surface area contributed by atoms with E-state index < -0.39 is 33.8 Å². The number of anilines is 1. The molecular weight excluding hydrogens is 438 g/mol. The first kappa shape index (κ1) is 24.3. The Hall–Kier alpha value is -3.36. The average Bonchev–Trinajstić information content (AvgIpc) is 2.76. The Morgan fingerprint density at radius 1 is 0.818 bits per heavy atom. The molecule has 3 aromatic rings. The Kier molecular flexibility index (Phi) is 7.40. The molecule has 4 N–H and O–H groups in total. The smallest absolute Gasteiger partial charge is 0.408 e. The molecule has 0 radical (unpaired) electrons. The van der Waals surface area contributed by atoms with E-state index in [1.165, 1.54) is 24.3 Å². The number of carbonyl (C=O) groups excluding carboxylic acids is 1. The monoisotopic (exact) mass is 467 g/mol. The van der Waals surface area contributed by atoms with E-state index in [2.05, 4.69) is 10.0 Å². The second-order valence-electron chi connectivity index (χ2n) is 8.61. The van der Waals surface area contributed by atoms with Gasteiger partial charge in [0, 0.05) is 5.69 Å². The summed E-state index contributed by atoms with van der Waals surface area (Å²) in [7, 11) is -3.95. The third-order valence-corrected chi connectivity index (χ3v) is 6.25. The first-order chi connectivity index (χ1) is 15.5. The Morgan fingerprint density at radius 3 is 1.79 bits per heavy atom. The van der Waals surface area contributed by atoms with Crippen molar-refractivity contribution in [2.45, 2.75) is 43.4 Å². The summed E-state index contributed by atoms with van der Waals surface area (Å²) >= 11 is 0. The van der Waals surface area contributed by atoms with Crippen LogP contribution < -0.4 is 15.8 Å². The van der Waals surface area contributed by atoms with Gasteiger partial charge in [0.1, 0.15) is 5.60 Å². The van der Waals surface area contributed by atoms with Crippen LogP contribution in [0.25, 0.3) is 0 Å². The van der Waals surface area contributed by atoms with E-state index in [0.717, 1.165) is 5.56 Å². The summed E-state index contributed by atoms with van der Waals surface area (Å²) in [6, 6.07) is 22.6. The van der Waals surface area contributed by atoms with Gasteiger partial charge in [-0.05, 0) is 56.2 Å². The summed E-state index contributed by atoms with van der Waals surface area (Å²) in [4.78, 5) is 12.8. The molecule has 0 spiro atoms. The maximum Gasteiger partial charge on any atom is 0.408 e. The topological polar surface area (TPSA) is 111 Å². The third kappa shape index (κ3) is 6.81. The van der Waals surface area contributed by atoms with Crippen LogP contribution in [0.3, 0.4) is 0 Å². The standard InChI is InChI=1S/C25H29N3O4S/c1-25(2,3)32-24(29)27-22(18-10-6-4-7-11-18)23(19-12-8-5-9-13-19)28-33(30,31)21-16-14-20(26)15-17-21/h4-17,22-23,28H,26H2,1-3H3,(H,27,29)/t22-,23-/m1/s1. The summed E-state index contributed by atoms with van der Waals surface area (Å²) in [5, 5.41) is 2.86. The van der Waals surface area contributed by atoms with Crippen molar-refractivity contribution >= 4 is 21.8 Å². The number of carbonyl (C=O) groups is 1. The SMILES string of the molecule is CC(C)(C)OC(=O)N[C@H](c1ccccc1)[C@H](NS(=O)(=O)c1ccc(N)cc1)c1ccccc1. The normalized spacial score (nSPS) is 13.7. The van der Waals surface area contributed by atoms with Crippen LogP contribution in [-0.4, -0.2) is 20.1 Å². The minimum atomic E-state index is -3.95. The number of amides is 1. The van der Waals surface area contributed by atoms with Gasteiger partial charge in [0.05, 0.1) is 17.0 Å². The summed E-state index contributed by atoms with van der Waals surface area (Å²) in [5.41, 5.74) is 6.87. The highest BCUT2D eigenvalue weighted by atomic mass is 32.2. The van der Waals surface area contributed by atoms with Gasteiger partial charge in [-0.2, -0.15) is 0 Å². The lowest BCUT2D eigenvalue weighted by Crippen LogP contribution is -2.42. The van der Waals surface area contributed by atoms with Gasteiger partial charge in [0.2, 0.25) is 10.0 Å². The molecule has 174 valence electrons. The summed E-state index contributed by atoms with van der Waals surface area (Å²) in [6.07, 6.45) is -0.649. The van der Waals surface area contributed by atoms with Gasteiger partial charge in [-0.1, -0.05) is 60.7 Å². The molecule has 3 rings (SSSR count). The van der Waals surface area contributed by atoms with E-state index in [1.54, 1.807) is 20.8 Å². The Balaban J connectivity index is 2.05. The van der Waals surface area contributed by atoms with E-state index in [-0.39, 0.29) is 4.90 Å². The number of nitrogens with one attached hydrogen (secondary N) is 2. The summed E-state index contributed by atoms with van der Waals surface area (Å²) in [5.74, 6) is 0. The summed E-state index contributed by atoms with van der Waals surface area (Å²) in [6.45, 7) is 5.30. The van der Waals surface area contributed by atoms with Crippen LogP contribution in [0.2, 0.25) is 0 Å². The number of ether oxygens (including phenoxy) is 1. The van der Waals surface area contributed by atoms with Crippen LogP contribution in [0.5, 0.6) is 0 Å². The highest BCUT2D eigenvalue weighted by molar-refractivity contribution is 7.89. The number of nitrogen functional groups attached to an aromatic ring is 1. The van der Waals surface area contributed by atoms with Crippen LogP contribution in [0.15, 0.2) is 89.8 Å². The molecule has 0 unspecified atom stereocenters. The van der Waals surface area contributed by atoms with Crippen LogP contribution in [-0.2, 0) is 14.8 Å². The van der Waals surface area contributed by atoms with E-state index in [4.69, 9.17) is 10.5 Å². The van der Waals surface area contributed by atoms with E-state index in [1.807, 2.05) is 60.7 Å². The van der Waals surface area contributed by atoms with Crippen molar-refractivity contribution in [1.82, 2.24) is 10.0 Å². The molecular formula is C25H29N3O4S. The van der Waals surface area contributed by atoms with Crippen molar-refractivity contribution in [3.05, 3.63) is 96.1 Å². The van der Waals surface area contributed by atoms with E-state index in [0.29, 0.717) is 11.3 Å². The molecule has 0 fully saturated rings. The first-order valence-corrected chi connectivity index (χ1v) is 12.0. The fourth-order valence-electron chi connectivity index (χ4n) is 3.33. The largest absolute Gasteiger partial charge is 0.444 e. The molecule has 0 aliphatic rings. The molecule has 0 aromatic heterocycles. The average molecular weight is 468 g/mol. The molecule has 8 heteroatoms. The number of alkyl carbamates (subject to hydrolysis) is 1. The van der Waals surface area contributed by atoms with Crippen molar-refractivity contribution in [1.29, 1.82) is 0 Å². The lowest BCUT2D eigenvalue weighted by molar-refractivity contribution is 0.0493. The Morgan fingerprint density at radius 2 is 1.30 bits per heavy atom. The van der Waals surface area contributed by atoms with Crippen LogP contribution in [0, 0.1) is 0 Å². The van der Waals surface area contributed by atoms with Gasteiger partial charge < -0.3 is 15.8 Å². The zero-order valence-electron chi connectivity index (χ0n) is 18.9. The van der Waals surface area contributed by atoms with Crippen molar-refractivity contribution in [3.8, 4) is 0 Å². The Labute approximate surface area is 195 Å². The molecule has 0 bridgehead atoms. The highest BCUT2D eigenvalue weighted by Crippen LogP contribution is 2.31. The van der Waals surface area contributed by atoms with Crippen molar-refractivity contribution in [2.24, 2.45) is 0 Å². The molecule has 0 saturated heterocycles. The number of sulfonamides is 1. The number of rotatable bonds is 7. The molecule has 3 aromatic carbocycles. The predicted molar refractivity (Wildman–Crippen MR) is 129 cm³/mol. The molecule has 2 atom stereocenters. The number of hydrogen-bond acceptors (Lipinski definition) is 5. The molecule has 0 heterocycles. The summed E-state index contributed by atoms with van der Waals surface area (Å²) < 4.78 is 34.8. The van der Waals surface area contributed by atoms with Crippen molar-refractivity contribution in [3.63, 3.8) is 0 Å². The maximum absolute atomic E-state index is 13.3. The zero-order chi connectivity index (χ0) is 24.1. The Bertz CT molecular complexity index is 1160. The fourth-order valence-corrected chi connectivity index (χ4v) is 4.56. The minimum Gasteiger partial charge on any atom is -0.444 e. The van der Waals surface area contributed by atoms with Gasteiger partial charge in [0.25, 0.3) is 0 Å². The first-order valence-electron chi connectivity index (χ1n) is 10.5. The van der Waals surface area contributed by atoms with Crippen molar-refractivity contribution < 1.29 is 17.9 Å². The van der Waals surface area contributed by atoms with Gasteiger partial charge in [-0.15, -0.1) is 0 Å². The zero-order valence-corrected chi connectivity index (χ0v) is 19.7. The third-order valence-electron chi connectivity index (χ3n) is 4.80. The second kappa shape index (κ2) is 10.1. The lowest BCUT2D eigenvalue weighted by Gasteiger charge is -2.30. The van der Waals surface area contributed by atoms with Gasteiger partial charge >= 0.3 is 6.09 Å². The van der Waals surface area contributed by atoms with E-state index in [9.17, 15) is 13.2 Å². The van der Waals surface area contributed by atoms with E-state index >= 15 is 0 Å². The van der Waals surface area contributed by atoms with Gasteiger partial charge in [-0.25, -0.2) is 17.9 Å². The number of hydrogen-bond donors (Lipinski definition) is 3. The van der Waals surface area contributed by atoms with Crippen molar-refractivity contribution in [2.75, 3.05) is 5.73 Å². The fraction of sp³-hybridized carbons (Fsp3) is 0.240. The maximum atomic E-state index is 13.3. The van der Waals surface area contributed by atoms with Crippen LogP contribution >= 0.6 is 0 Å².